The summed E-state index contributed by atoms with van der Waals surface area (Å²) >= 11 is 3.25. The van der Waals surface area contributed by atoms with Gasteiger partial charge in [0.05, 0.1) is 20.3 Å². The van der Waals surface area contributed by atoms with E-state index in [1.807, 2.05) is 0 Å². The maximum atomic E-state index is 12.5. The largest absolute Gasteiger partial charge is 0.495 e. The lowest BCUT2D eigenvalue weighted by atomic mass is 10.3. The van der Waals surface area contributed by atoms with Gasteiger partial charge < -0.3 is 15.2 Å². The summed E-state index contributed by atoms with van der Waals surface area (Å²) in [7, 11) is -2.19. The van der Waals surface area contributed by atoms with Crippen molar-refractivity contribution in [2.24, 2.45) is 0 Å². The molecule has 1 aliphatic heterocycles. The van der Waals surface area contributed by atoms with Crippen LogP contribution >= 0.6 is 15.9 Å². The molecule has 1 aliphatic rings. The molecule has 0 radical (unpaired) electrons. The monoisotopic (exact) mass is 350 g/mol. The Morgan fingerprint density at radius 1 is 1.37 bits per heavy atom. The van der Waals surface area contributed by atoms with E-state index in [2.05, 4.69) is 15.9 Å². The quantitative estimate of drug-likeness (QED) is 0.824. The number of halogens is 1. The highest BCUT2D eigenvalue weighted by Crippen LogP contribution is 2.34. The normalized spacial score (nSPS) is 17.4. The molecule has 1 heterocycles. The molecule has 0 atom stereocenters. The SMILES string of the molecule is COc1cc(Br)c(N)cc1S(=O)(=O)N1CCOCC1. The lowest BCUT2D eigenvalue weighted by Crippen LogP contribution is -2.40. The molecule has 6 nitrogen and oxygen atoms in total. The van der Waals surface area contributed by atoms with Crippen LogP contribution in [0.5, 0.6) is 5.75 Å². The number of ether oxygens (including phenoxy) is 2. The van der Waals surface area contributed by atoms with Gasteiger partial charge in [0, 0.05) is 23.2 Å². The fourth-order valence-corrected chi connectivity index (χ4v) is 3.74. The predicted molar refractivity (Wildman–Crippen MR) is 74.7 cm³/mol. The van der Waals surface area contributed by atoms with Gasteiger partial charge >= 0.3 is 0 Å². The molecule has 19 heavy (non-hydrogen) atoms. The van der Waals surface area contributed by atoms with Crippen molar-refractivity contribution < 1.29 is 17.9 Å². The Labute approximate surface area is 120 Å². The van der Waals surface area contributed by atoms with Crippen LogP contribution < -0.4 is 10.5 Å². The van der Waals surface area contributed by atoms with Crippen LogP contribution in [0.25, 0.3) is 0 Å². The van der Waals surface area contributed by atoms with E-state index in [9.17, 15) is 8.42 Å². The van der Waals surface area contributed by atoms with Gasteiger partial charge in [0.2, 0.25) is 10.0 Å². The molecule has 8 heteroatoms. The Morgan fingerprint density at radius 3 is 2.58 bits per heavy atom. The number of sulfonamides is 1. The van der Waals surface area contributed by atoms with Crippen LogP contribution in [0.15, 0.2) is 21.5 Å². The number of anilines is 1. The van der Waals surface area contributed by atoms with E-state index in [1.54, 1.807) is 6.07 Å². The Morgan fingerprint density at radius 2 is 2.00 bits per heavy atom. The smallest absolute Gasteiger partial charge is 0.246 e. The maximum absolute atomic E-state index is 12.5. The topological polar surface area (TPSA) is 81.9 Å². The molecule has 1 saturated heterocycles. The number of benzene rings is 1. The Bertz CT molecular complexity index is 570. The molecular weight excluding hydrogens is 336 g/mol. The van der Waals surface area contributed by atoms with Crippen LogP contribution in [0.4, 0.5) is 5.69 Å². The van der Waals surface area contributed by atoms with Gasteiger partial charge in [-0.2, -0.15) is 4.31 Å². The van der Waals surface area contributed by atoms with Gasteiger partial charge in [-0.05, 0) is 28.1 Å². The maximum Gasteiger partial charge on any atom is 0.246 e. The van der Waals surface area contributed by atoms with Crippen LogP contribution in [0.3, 0.4) is 0 Å². The van der Waals surface area contributed by atoms with Gasteiger partial charge in [0.25, 0.3) is 0 Å². The molecule has 0 aromatic heterocycles. The second kappa shape index (κ2) is 5.66. The second-order valence-corrected chi connectivity index (χ2v) is 6.80. The number of morpholine rings is 1. The Balaban J connectivity index is 2.47. The number of nitrogen functional groups attached to an aromatic ring is 1. The van der Waals surface area contributed by atoms with Crippen molar-refractivity contribution in [3.05, 3.63) is 16.6 Å². The first-order valence-corrected chi connectivity index (χ1v) is 7.91. The molecular formula is C11H15BrN2O4S. The number of hydrogen-bond donors (Lipinski definition) is 1. The molecule has 1 aromatic rings. The third-order valence-corrected chi connectivity index (χ3v) is 5.48. The number of methoxy groups -OCH3 is 1. The highest BCUT2D eigenvalue weighted by atomic mass is 79.9. The average Bonchev–Trinajstić information content (AvgIpc) is 2.42. The molecule has 0 bridgehead atoms. The van der Waals surface area contributed by atoms with Crippen molar-refractivity contribution in [2.45, 2.75) is 4.90 Å². The van der Waals surface area contributed by atoms with Crippen molar-refractivity contribution >= 4 is 31.6 Å². The third kappa shape index (κ3) is 2.86. The summed E-state index contributed by atoms with van der Waals surface area (Å²) in [5, 5.41) is 0. The summed E-state index contributed by atoms with van der Waals surface area (Å²) < 4.78 is 37.4. The van der Waals surface area contributed by atoms with Crippen molar-refractivity contribution in [3.63, 3.8) is 0 Å². The summed E-state index contributed by atoms with van der Waals surface area (Å²) in [6.07, 6.45) is 0. The Hall–Kier alpha value is -0.830. The van der Waals surface area contributed by atoms with Crippen molar-refractivity contribution in [2.75, 3.05) is 39.1 Å². The standard InChI is InChI=1S/C11H15BrN2O4S/c1-17-10-6-8(12)9(13)7-11(10)19(15,16)14-2-4-18-5-3-14/h6-7H,2-5,13H2,1H3. The van der Waals surface area contributed by atoms with Crippen LogP contribution in [0, 0.1) is 0 Å². The molecule has 0 saturated carbocycles. The van der Waals surface area contributed by atoms with E-state index in [0.717, 1.165) is 0 Å². The minimum Gasteiger partial charge on any atom is -0.495 e. The Kier molecular flexibility index (Phi) is 4.34. The fourth-order valence-electron chi connectivity index (χ4n) is 1.84. The zero-order valence-electron chi connectivity index (χ0n) is 10.4. The van der Waals surface area contributed by atoms with Gasteiger partial charge in [0.15, 0.2) is 0 Å². The second-order valence-electron chi connectivity index (χ2n) is 4.04. The summed E-state index contributed by atoms with van der Waals surface area (Å²) in [5.74, 6) is 0.271. The molecule has 0 aliphatic carbocycles. The third-order valence-electron chi connectivity index (χ3n) is 2.87. The zero-order chi connectivity index (χ0) is 14.0. The van der Waals surface area contributed by atoms with Crippen LogP contribution in [0.1, 0.15) is 0 Å². The average molecular weight is 351 g/mol. The molecule has 0 unspecified atom stereocenters. The van der Waals surface area contributed by atoms with E-state index >= 15 is 0 Å². The lowest BCUT2D eigenvalue weighted by molar-refractivity contribution is 0.0729. The minimum absolute atomic E-state index is 0.0811. The molecule has 0 spiro atoms. The van der Waals surface area contributed by atoms with Crippen LogP contribution in [-0.2, 0) is 14.8 Å². The molecule has 1 aromatic carbocycles. The van der Waals surface area contributed by atoms with Crippen molar-refractivity contribution in [3.8, 4) is 5.75 Å². The minimum atomic E-state index is -3.62. The number of nitrogens with zero attached hydrogens (tertiary/aromatic N) is 1. The summed E-state index contributed by atoms with van der Waals surface area (Å²) in [5.41, 5.74) is 6.11. The molecule has 106 valence electrons. The fraction of sp³-hybridized carbons (Fsp3) is 0.455. The summed E-state index contributed by atoms with van der Waals surface area (Å²) in [6.45, 7) is 1.46. The number of rotatable bonds is 3. The zero-order valence-corrected chi connectivity index (χ0v) is 12.8. The van der Waals surface area contributed by atoms with Gasteiger partial charge in [-0.1, -0.05) is 0 Å². The van der Waals surface area contributed by atoms with Crippen LogP contribution in [-0.4, -0.2) is 46.1 Å². The van der Waals surface area contributed by atoms with Gasteiger partial charge in [-0.3, -0.25) is 0 Å². The highest BCUT2D eigenvalue weighted by molar-refractivity contribution is 9.10. The van der Waals surface area contributed by atoms with E-state index < -0.39 is 10.0 Å². The summed E-state index contributed by atoms with van der Waals surface area (Å²) in [6, 6.07) is 2.97. The molecule has 1 fully saturated rings. The van der Waals surface area contributed by atoms with Crippen molar-refractivity contribution in [1.29, 1.82) is 0 Å². The number of hydrogen-bond acceptors (Lipinski definition) is 5. The van der Waals surface area contributed by atoms with E-state index in [4.69, 9.17) is 15.2 Å². The molecule has 0 amide bonds. The van der Waals surface area contributed by atoms with Gasteiger partial charge in [0.1, 0.15) is 10.6 Å². The lowest BCUT2D eigenvalue weighted by Gasteiger charge is -2.26. The molecule has 2 rings (SSSR count). The first-order chi connectivity index (χ1) is 8.96. The molecule has 2 N–H and O–H groups in total. The predicted octanol–water partition coefficient (Wildman–Crippen LogP) is 1.06. The van der Waals surface area contributed by atoms with Gasteiger partial charge in [-0.25, -0.2) is 8.42 Å². The first-order valence-electron chi connectivity index (χ1n) is 5.67. The highest BCUT2D eigenvalue weighted by Gasteiger charge is 2.29. The van der Waals surface area contributed by atoms with Crippen molar-refractivity contribution in [1.82, 2.24) is 4.31 Å². The summed E-state index contributed by atoms with van der Waals surface area (Å²) in [4.78, 5) is 0.0811. The van der Waals surface area contributed by atoms with E-state index in [1.165, 1.54) is 17.5 Å². The number of nitrogens with two attached hydrogens (primary N) is 1. The van der Waals surface area contributed by atoms with E-state index in [-0.39, 0.29) is 10.6 Å². The first kappa shape index (κ1) is 14.6. The van der Waals surface area contributed by atoms with Gasteiger partial charge in [-0.15, -0.1) is 0 Å². The van der Waals surface area contributed by atoms with E-state index in [0.29, 0.717) is 36.5 Å². The van der Waals surface area contributed by atoms with Crippen LogP contribution in [0.2, 0.25) is 0 Å².